The number of aliphatic imine (C=N–C) groups is 1. The first-order valence-corrected chi connectivity index (χ1v) is 7.75. The molecule has 1 aromatic carbocycles. The lowest BCUT2D eigenvalue weighted by atomic mass is 10.1. The summed E-state index contributed by atoms with van der Waals surface area (Å²) >= 11 is 0. The van der Waals surface area contributed by atoms with Gasteiger partial charge in [0, 0.05) is 39.1 Å². The maximum absolute atomic E-state index is 13.5. The summed E-state index contributed by atoms with van der Waals surface area (Å²) in [7, 11) is 1.73. The van der Waals surface area contributed by atoms with Crippen LogP contribution in [0.2, 0.25) is 0 Å². The Balaban J connectivity index is 1.77. The maximum Gasteiger partial charge on any atom is 0.191 e. The molecule has 5 nitrogen and oxygen atoms in total. The van der Waals surface area contributed by atoms with Crippen molar-refractivity contribution in [1.29, 1.82) is 0 Å². The molecule has 2 rings (SSSR count). The van der Waals surface area contributed by atoms with E-state index in [0.717, 1.165) is 18.7 Å². The van der Waals surface area contributed by atoms with Crippen molar-refractivity contribution >= 4 is 5.96 Å². The predicted octanol–water partition coefficient (Wildman–Crippen LogP) is 2.33. The standard InChI is InChI=1S/C17H24FN5/c1-13(12-23-8-4-7-22-23)10-20-17(19-3)21-11-15-6-5-14(2)16(18)9-15/h4-9,13H,10-12H2,1-3H3,(H2,19,20,21). The van der Waals surface area contributed by atoms with Gasteiger partial charge >= 0.3 is 0 Å². The van der Waals surface area contributed by atoms with Crippen LogP contribution in [-0.2, 0) is 13.1 Å². The molecule has 0 radical (unpaired) electrons. The molecule has 0 amide bonds. The fourth-order valence-corrected chi connectivity index (χ4v) is 2.22. The number of nitrogens with one attached hydrogen (secondary N) is 2. The lowest BCUT2D eigenvalue weighted by Crippen LogP contribution is -2.39. The lowest BCUT2D eigenvalue weighted by molar-refractivity contribution is 0.443. The maximum atomic E-state index is 13.5. The number of halogens is 1. The van der Waals surface area contributed by atoms with E-state index in [1.807, 2.05) is 23.0 Å². The van der Waals surface area contributed by atoms with Crippen molar-refractivity contribution in [3.05, 3.63) is 53.6 Å². The van der Waals surface area contributed by atoms with E-state index in [4.69, 9.17) is 0 Å². The molecule has 0 fully saturated rings. The fraction of sp³-hybridized carbons (Fsp3) is 0.412. The third kappa shape index (κ3) is 5.39. The van der Waals surface area contributed by atoms with Crippen molar-refractivity contribution in [1.82, 2.24) is 20.4 Å². The van der Waals surface area contributed by atoms with Crippen LogP contribution in [0, 0.1) is 18.7 Å². The summed E-state index contributed by atoms with van der Waals surface area (Å²) in [6.07, 6.45) is 3.73. The van der Waals surface area contributed by atoms with Crippen LogP contribution in [0.4, 0.5) is 4.39 Å². The molecule has 0 bridgehead atoms. The van der Waals surface area contributed by atoms with Gasteiger partial charge in [-0.05, 0) is 36.1 Å². The minimum Gasteiger partial charge on any atom is -0.356 e. The minimum absolute atomic E-state index is 0.180. The first-order valence-electron chi connectivity index (χ1n) is 7.75. The predicted molar refractivity (Wildman–Crippen MR) is 90.7 cm³/mol. The van der Waals surface area contributed by atoms with Crippen molar-refractivity contribution < 1.29 is 4.39 Å². The van der Waals surface area contributed by atoms with Gasteiger partial charge < -0.3 is 10.6 Å². The van der Waals surface area contributed by atoms with E-state index in [9.17, 15) is 4.39 Å². The topological polar surface area (TPSA) is 54.2 Å². The molecule has 1 unspecified atom stereocenters. The smallest absolute Gasteiger partial charge is 0.191 e. The van der Waals surface area contributed by atoms with Crippen LogP contribution in [0.15, 0.2) is 41.7 Å². The largest absolute Gasteiger partial charge is 0.356 e. The summed E-state index contributed by atoms with van der Waals surface area (Å²) in [5.74, 6) is 0.934. The molecule has 0 aliphatic rings. The third-order valence-corrected chi connectivity index (χ3v) is 3.60. The van der Waals surface area contributed by atoms with Crippen LogP contribution in [0.5, 0.6) is 0 Å². The van der Waals surface area contributed by atoms with E-state index in [1.54, 1.807) is 32.3 Å². The number of aromatic nitrogens is 2. The quantitative estimate of drug-likeness (QED) is 0.635. The van der Waals surface area contributed by atoms with E-state index >= 15 is 0 Å². The fourth-order valence-electron chi connectivity index (χ4n) is 2.22. The molecular formula is C17H24FN5. The molecule has 23 heavy (non-hydrogen) atoms. The van der Waals surface area contributed by atoms with Crippen molar-refractivity contribution in [2.24, 2.45) is 10.9 Å². The van der Waals surface area contributed by atoms with Crippen molar-refractivity contribution in [2.45, 2.75) is 26.9 Å². The molecule has 1 heterocycles. The lowest BCUT2D eigenvalue weighted by Gasteiger charge is -2.16. The monoisotopic (exact) mass is 317 g/mol. The zero-order valence-corrected chi connectivity index (χ0v) is 13.9. The van der Waals surface area contributed by atoms with Gasteiger partial charge in [-0.25, -0.2) is 4.39 Å². The Morgan fingerprint density at radius 3 is 2.87 bits per heavy atom. The molecule has 0 saturated heterocycles. The van der Waals surface area contributed by atoms with Gasteiger partial charge in [-0.1, -0.05) is 19.1 Å². The molecule has 0 aliphatic heterocycles. The molecule has 1 atom stereocenters. The van der Waals surface area contributed by atoms with Crippen LogP contribution in [0.1, 0.15) is 18.1 Å². The van der Waals surface area contributed by atoms with Crippen LogP contribution < -0.4 is 10.6 Å². The number of hydrogen-bond acceptors (Lipinski definition) is 2. The van der Waals surface area contributed by atoms with Gasteiger partial charge in [0.2, 0.25) is 0 Å². The van der Waals surface area contributed by atoms with E-state index in [-0.39, 0.29) is 5.82 Å². The highest BCUT2D eigenvalue weighted by atomic mass is 19.1. The first-order chi connectivity index (χ1) is 11.1. The van der Waals surface area contributed by atoms with Gasteiger partial charge in [0.25, 0.3) is 0 Å². The van der Waals surface area contributed by atoms with E-state index in [0.29, 0.717) is 24.0 Å². The molecule has 0 saturated carbocycles. The second-order valence-corrected chi connectivity index (χ2v) is 5.72. The Labute approximate surface area is 136 Å². The summed E-state index contributed by atoms with van der Waals surface area (Å²) in [6, 6.07) is 7.17. The zero-order valence-electron chi connectivity index (χ0n) is 13.9. The molecular weight excluding hydrogens is 293 g/mol. The molecule has 1 aromatic heterocycles. The Morgan fingerprint density at radius 1 is 1.39 bits per heavy atom. The Morgan fingerprint density at radius 2 is 2.22 bits per heavy atom. The van der Waals surface area contributed by atoms with Crippen molar-refractivity contribution in [3.8, 4) is 0 Å². The van der Waals surface area contributed by atoms with Crippen LogP contribution in [-0.4, -0.2) is 29.3 Å². The minimum atomic E-state index is -0.180. The number of guanidine groups is 1. The number of aryl methyl sites for hydroxylation is 1. The molecule has 6 heteroatoms. The average molecular weight is 317 g/mol. The number of benzene rings is 1. The second-order valence-electron chi connectivity index (χ2n) is 5.72. The third-order valence-electron chi connectivity index (χ3n) is 3.60. The Bertz CT molecular complexity index is 636. The SMILES string of the molecule is CN=C(NCc1ccc(C)c(F)c1)NCC(C)Cn1cccn1. The van der Waals surface area contributed by atoms with E-state index in [1.165, 1.54) is 0 Å². The number of nitrogens with zero attached hydrogens (tertiary/aromatic N) is 3. The summed E-state index contributed by atoms with van der Waals surface area (Å²) < 4.78 is 15.5. The van der Waals surface area contributed by atoms with Gasteiger partial charge in [-0.15, -0.1) is 0 Å². The molecule has 0 spiro atoms. The summed E-state index contributed by atoms with van der Waals surface area (Å²) in [5.41, 5.74) is 1.55. The summed E-state index contributed by atoms with van der Waals surface area (Å²) in [6.45, 7) is 6.07. The van der Waals surface area contributed by atoms with Crippen LogP contribution >= 0.6 is 0 Å². The molecule has 2 aromatic rings. The first kappa shape index (κ1) is 17.0. The normalized spacial score (nSPS) is 13.0. The summed E-state index contributed by atoms with van der Waals surface area (Å²) in [4.78, 5) is 4.19. The van der Waals surface area contributed by atoms with Crippen LogP contribution in [0.3, 0.4) is 0 Å². The highest BCUT2D eigenvalue weighted by molar-refractivity contribution is 5.79. The second kappa shape index (κ2) is 8.31. The molecule has 2 N–H and O–H groups in total. The zero-order chi connectivity index (χ0) is 16.7. The molecule has 0 aliphatic carbocycles. The van der Waals surface area contributed by atoms with Crippen molar-refractivity contribution in [2.75, 3.05) is 13.6 Å². The van der Waals surface area contributed by atoms with E-state index < -0.39 is 0 Å². The van der Waals surface area contributed by atoms with Gasteiger partial charge in [0.1, 0.15) is 5.82 Å². The highest BCUT2D eigenvalue weighted by Gasteiger charge is 2.06. The van der Waals surface area contributed by atoms with Crippen LogP contribution in [0.25, 0.3) is 0 Å². The number of rotatable bonds is 6. The Hall–Kier alpha value is -2.37. The van der Waals surface area contributed by atoms with Crippen molar-refractivity contribution in [3.63, 3.8) is 0 Å². The average Bonchev–Trinajstić information content (AvgIpc) is 3.03. The Kier molecular flexibility index (Phi) is 6.14. The molecule has 124 valence electrons. The highest BCUT2D eigenvalue weighted by Crippen LogP contribution is 2.08. The van der Waals surface area contributed by atoms with Gasteiger partial charge in [0.15, 0.2) is 5.96 Å². The van der Waals surface area contributed by atoms with Gasteiger partial charge in [-0.3, -0.25) is 9.67 Å². The summed E-state index contributed by atoms with van der Waals surface area (Å²) in [5, 5.41) is 10.7. The number of hydrogen-bond donors (Lipinski definition) is 2. The van der Waals surface area contributed by atoms with Gasteiger partial charge in [0.05, 0.1) is 0 Å². The van der Waals surface area contributed by atoms with E-state index in [2.05, 4.69) is 27.6 Å². The van der Waals surface area contributed by atoms with Gasteiger partial charge in [-0.2, -0.15) is 5.10 Å².